The highest BCUT2D eigenvalue weighted by Crippen LogP contribution is 2.25. The minimum absolute atomic E-state index is 0.0450. The van der Waals surface area contributed by atoms with Crippen molar-refractivity contribution in [2.45, 2.75) is 11.8 Å². The molecule has 0 fully saturated rings. The molecular weight excluding hydrogens is 300 g/mol. The SMILES string of the molecule is CCNc1ccncc1S(=O)(=O)Nc1ncccc1Cl. The van der Waals surface area contributed by atoms with Crippen molar-refractivity contribution in [3.05, 3.63) is 41.8 Å². The highest BCUT2D eigenvalue weighted by atomic mass is 35.5. The number of nitrogens with one attached hydrogen (secondary N) is 2. The largest absolute Gasteiger partial charge is 0.384 e. The Morgan fingerprint density at radius 1 is 1.30 bits per heavy atom. The molecule has 0 aromatic carbocycles. The van der Waals surface area contributed by atoms with Gasteiger partial charge in [-0.3, -0.25) is 9.71 Å². The predicted molar refractivity (Wildman–Crippen MR) is 78.5 cm³/mol. The molecule has 8 heteroatoms. The van der Waals surface area contributed by atoms with Gasteiger partial charge in [-0.25, -0.2) is 13.4 Å². The van der Waals surface area contributed by atoms with E-state index in [-0.39, 0.29) is 15.7 Å². The summed E-state index contributed by atoms with van der Waals surface area (Å²) in [6.45, 7) is 2.47. The highest BCUT2D eigenvalue weighted by Gasteiger charge is 2.20. The molecular formula is C12H13ClN4O2S. The minimum Gasteiger partial charge on any atom is -0.384 e. The fourth-order valence-electron chi connectivity index (χ4n) is 1.57. The second kappa shape index (κ2) is 6.06. The normalized spacial score (nSPS) is 11.1. The van der Waals surface area contributed by atoms with Crippen molar-refractivity contribution in [3.63, 3.8) is 0 Å². The third-order valence-electron chi connectivity index (χ3n) is 2.43. The van der Waals surface area contributed by atoms with E-state index in [2.05, 4.69) is 20.0 Å². The zero-order chi connectivity index (χ0) is 14.6. The molecule has 0 unspecified atom stereocenters. The lowest BCUT2D eigenvalue weighted by Gasteiger charge is -2.12. The van der Waals surface area contributed by atoms with Crippen LogP contribution >= 0.6 is 11.6 Å². The molecule has 0 atom stereocenters. The van der Waals surface area contributed by atoms with Crippen molar-refractivity contribution in [1.82, 2.24) is 9.97 Å². The Labute approximate surface area is 122 Å². The summed E-state index contributed by atoms with van der Waals surface area (Å²) in [5.74, 6) is 0.0838. The first-order valence-electron chi connectivity index (χ1n) is 5.86. The first kappa shape index (κ1) is 14.5. The third-order valence-corrected chi connectivity index (χ3v) is 4.10. The Balaban J connectivity index is 2.39. The molecule has 2 N–H and O–H groups in total. The number of aromatic nitrogens is 2. The van der Waals surface area contributed by atoms with Crippen LogP contribution in [-0.2, 0) is 10.0 Å². The number of hydrogen-bond donors (Lipinski definition) is 2. The molecule has 0 saturated carbocycles. The standard InChI is InChI=1S/C12H13ClN4O2S/c1-2-15-10-5-7-14-8-11(10)20(18,19)17-12-9(13)4-3-6-16-12/h3-8H,2H2,1H3,(H,14,15)(H,16,17). The lowest BCUT2D eigenvalue weighted by atomic mass is 10.4. The monoisotopic (exact) mass is 312 g/mol. The Morgan fingerprint density at radius 3 is 2.80 bits per heavy atom. The molecule has 6 nitrogen and oxygen atoms in total. The first-order valence-corrected chi connectivity index (χ1v) is 7.72. The Morgan fingerprint density at radius 2 is 2.10 bits per heavy atom. The average molecular weight is 313 g/mol. The zero-order valence-electron chi connectivity index (χ0n) is 10.7. The van der Waals surface area contributed by atoms with Crippen molar-refractivity contribution in [3.8, 4) is 0 Å². The number of nitrogens with zero attached hydrogens (tertiary/aromatic N) is 2. The molecule has 0 bridgehead atoms. The number of sulfonamides is 1. The van der Waals surface area contributed by atoms with Gasteiger partial charge in [0.2, 0.25) is 0 Å². The molecule has 2 aromatic heterocycles. The van der Waals surface area contributed by atoms with Crippen molar-refractivity contribution < 1.29 is 8.42 Å². The first-order chi connectivity index (χ1) is 9.54. The van der Waals surface area contributed by atoms with E-state index in [4.69, 9.17) is 11.6 Å². The van der Waals surface area contributed by atoms with Crippen LogP contribution < -0.4 is 10.0 Å². The molecule has 0 spiro atoms. The number of anilines is 2. The van der Waals surface area contributed by atoms with Crippen LogP contribution in [0.4, 0.5) is 11.5 Å². The molecule has 0 aliphatic carbocycles. The van der Waals surface area contributed by atoms with E-state index in [1.165, 1.54) is 18.6 Å². The number of halogens is 1. The predicted octanol–water partition coefficient (Wildman–Crippen LogP) is 2.36. The number of hydrogen-bond acceptors (Lipinski definition) is 5. The van der Waals surface area contributed by atoms with Gasteiger partial charge in [0.25, 0.3) is 10.0 Å². The van der Waals surface area contributed by atoms with Gasteiger partial charge >= 0.3 is 0 Å². The molecule has 0 aliphatic rings. The van der Waals surface area contributed by atoms with Crippen molar-refractivity contribution in [2.75, 3.05) is 16.6 Å². The van der Waals surface area contributed by atoms with Crippen LogP contribution in [-0.4, -0.2) is 24.9 Å². The summed E-state index contributed by atoms with van der Waals surface area (Å²) in [4.78, 5) is 7.79. The van der Waals surface area contributed by atoms with Crippen LogP contribution in [0.3, 0.4) is 0 Å². The van der Waals surface area contributed by atoms with Gasteiger partial charge in [0, 0.05) is 25.1 Å². The molecule has 2 heterocycles. The van der Waals surface area contributed by atoms with Gasteiger partial charge in [-0.05, 0) is 25.1 Å². The van der Waals surface area contributed by atoms with Crippen LogP contribution in [0.5, 0.6) is 0 Å². The molecule has 0 aliphatic heterocycles. The summed E-state index contributed by atoms with van der Waals surface area (Å²) in [7, 11) is -3.81. The van der Waals surface area contributed by atoms with Gasteiger partial charge in [-0.15, -0.1) is 0 Å². The average Bonchev–Trinajstić information content (AvgIpc) is 2.42. The van der Waals surface area contributed by atoms with Gasteiger partial charge in [-0.1, -0.05) is 11.6 Å². The van der Waals surface area contributed by atoms with Crippen molar-refractivity contribution in [2.24, 2.45) is 0 Å². The van der Waals surface area contributed by atoms with Crippen LogP contribution in [0.25, 0.3) is 0 Å². The smallest absolute Gasteiger partial charge is 0.266 e. The Bertz CT molecular complexity index is 706. The van der Waals surface area contributed by atoms with E-state index < -0.39 is 10.0 Å². The second-order valence-electron chi connectivity index (χ2n) is 3.84. The Hall–Kier alpha value is -1.86. The lowest BCUT2D eigenvalue weighted by Crippen LogP contribution is -2.16. The number of pyridine rings is 2. The van der Waals surface area contributed by atoms with E-state index in [1.807, 2.05) is 6.92 Å². The summed E-state index contributed by atoms with van der Waals surface area (Å²) >= 11 is 5.90. The van der Waals surface area contributed by atoms with Crippen LogP contribution in [0, 0.1) is 0 Å². The maximum absolute atomic E-state index is 12.4. The quantitative estimate of drug-likeness (QED) is 0.885. The van der Waals surface area contributed by atoms with Gasteiger partial charge in [0.1, 0.15) is 4.90 Å². The molecule has 20 heavy (non-hydrogen) atoms. The summed E-state index contributed by atoms with van der Waals surface area (Å²) in [6.07, 6.45) is 4.25. The van der Waals surface area contributed by atoms with Gasteiger partial charge < -0.3 is 5.32 Å². The fraction of sp³-hybridized carbons (Fsp3) is 0.167. The molecule has 0 amide bonds. The zero-order valence-corrected chi connectivity index (χ0v) is 12.2. The topological polar surface area (TPSA) is 84.0 Å². The van der Waals surface area contributed by atoms with Gasteiger partial charge in [0.15, 0.2) is 5.82 Å². The van der Waals surface area contributed by atoms with Crippen LogP contribution in [0.1, 0.15) is 6.92 Å². The summed E-state index contributed by atoms with van der Waals surface area (Å²) in [6, 6.07) is 4.77. The lowest BCUT2D eigenvalue weighted by molar-refractivity contribution is 0.601. The number of rotatable bonds is 5. The molecule has 106 valence electrons. The van der Waals surface area contributed by atoms with Crippen molar-refractivity contribution >= 4 is 33.1 Å². The third kappa shape index (κ3) is 3.17. The van der Waals surface area contributed by atoms with E-state index >= 15 is 0 Å². The van der Waals surface area contributed by atoms with Crippen molar-refractivity contribution in [1.29, 1.82) is 0 Å². The Kier molecular flexibility index (Phi) is 4.41. The van der Waals surface area contributed by atoms with Gasteiger partial charge in [-0.2, -0.15) is 0 Å². The van der Waals surface area contributed by atoms with E-state index in [1.54, 1.807) is 18.2 Å². The summed E-state index contributed by atoms with van der Waals surface area (Å²) in [5, 5.41) is 3.20. The molecule has 2 rings (SSSR count). The summed E-state index contributed by atoms with van der Waals surface area (Å²) < 4.78 is 27.1. The molecule has 2 aromatic rings. The maximum Gasteiger partial charge on any atom is 0.266 e. The summed E-state index contributed by atoms with van der Waals surface area (Å²) in [5.41, 5.74) is 0.474. The van der Waals surface area contributed by atoms with Gasteiger partial charge in [0.05, 0.1) is 10.7 Å². The molecule has 0 saturated heterocycles. The van der Waals surface area contributed by atoms with E-state index in [0.717, 1.165) is 0 Å². The fourth-order valence-corrected chi connectivity index (χ4v) is 2.95. The minimum atomic E-state index is -3.81. The maximum atomic E-state index is 12.4. The van der Waals surface area contributed by atoms with E-state index in [9.17, 15) is 8.42 Å². The van der Waals surface area contributed by atoms with E-state index in [0.29, 0.717) is 12.2 Å². The molecule has 0 radical (unpaired) electrons. The van der Waals surface area contributed by atoms with Crippen LogP contribution in [0.2, 0.25) is 5.02 Å². The highest BCUT2D eigenvalue weighted by molar-refractivity contribution is 7.92. The van der Waals surface area contributed by atoms with Crippen LogP contribution in [0.15, 0.2) is 41.7 Å². The second-order valence-corrected chi connectivity index (χ2v) is 5.90.